The predicted molar refractivity (Wildman–Crippen MR) is 69.3 cm³/mol. The summed E-state index contributed by atoms with van der Waals surface area (Å²) in [5.41, 5.74) is 8.05. The number of nitrogens with two attached hydrogens (primary N) is 1. The van der Waals surface area contributed by atoms with Gasteiger partial charge < -0.3 is 15.2 Å². The first-order valence-electron chi connectivity index (χ1n) is 6.13. The van der Waals surface area contributed by atoms with Gasteiger partial charge in [-0.3, -0.25) is 0 Å². The van der Waals surface area contributed by atoms with Gasteiger partial charge in [0.1, 0.15) is 0 Å². The summed E-state index contributed by atoms with van der Waals surface area (Å²) < 4.78 is 5.29. The third kappa shape index (κ3) is 2.09. The molecule has 0 saturated carbocycles. The fourth-order valence-corrected chi connectivity index (χ4v) is 2.12. The second kappa shape index (κ2) is 4.42. The van der Waals surface area contributed by atoms with Gasteiger partial charge in [-0.1, -0.05) is 35.0 Å². The van der Waals surface area contributed by atoms with Gasteiger partial charge in [0.15, 0.2) is 0 Å². The molecule has 1 aliphatic rings. The van der Waals surface area contributed by atoms with Crippen LogP contribution in [0.2, 0.25) is 0 Å². The first-order chi connectivity index (χ1) is 8.72. The van der Waals surface area contributed by atoms with Gasteiger partial charge >= 0.3 is 6.01 Å². The Kier molecular flexibility index (Phi) is 2.76. The molecule has 2 aromatic rings. The van der Waals surface area contributed by atoms with Crippen molar-refractivity contribution in [3.8, 4) is 11.4 Å². The van der Waals surface area contributed by atoms with Gasteiger partial charge in [0.05, 0.1) is 0 Å². The molecule has 1 aromatic heterocycles. The lowest BCUT2D eigenvalue weighted by molar-refractivity contribution is 0.419. The van der Waals surface area contributed by atoms with Crippen LogP contribution in [0, 0.1) is 6.92 Å². The zero-order chi connectivity index (χ0) is 12.5. The Morgan fingerprint density at radius 2 is 2.11 bits per heavy atom. The van der Waals surface area contributed by atoms with E-state index in [-0.39, 0.29) is 6.04 Å². The van der Waals surface area contributed by atoms with Gasteiger partial charge in [-0.05, 0) is 13.3 Å². The second-order valence-corrected chi connectivity index (χ2v) is 4.76. The normalized spacial score (nSPS) is 19.4. The second-order valence-electron chi connectivity index (χ2n) is 4.76. The van der Waals surface area contributed by atoms with Gasteiger partial charge in [-0.15, -0.1) is 0 Å². The van der Waals surface area contributed by atoms with Crippen LogP contribution in [0.4, 0.5) is 6.01 Å². The predicted octanol–water partition coefficient (Wildman–Crippen LogP) is 1.58. The Morgan fingerprint density at radius 1 is 1.33 bits per heavy atom. The molecule has 94 valence electrons. The number of anilines is 1. The number of nitrogens with zero attached hydrogens (tertiary/aromatic N) is 3. The average molecular weight is 244 g/mol. The van der Waals surface area contributed by atoms with E-state index in [2.05, 4.69) is 17.1 Å². The minimum atomic E-state index is 0.208. The summed E-state index contributed by atoms with van der Waals surface area (Å²) in [7, 11) is 0. The van der Waals surface area contributed by atoms with E-state index in [0.29, 0.717) is 11.8 Å². The lowest BCUT2D eigenvalue weighted by Crippen LogP contribution is -2.26. The van der Waals surface area contributed by atoms with Crippen molar-refractivity contribution < 1.29 is 4.52 Å². The summed E-state index contributed by atoms with van der Waals surface area (Å²) in [5, 5.41) is 4.02. The highest BCUT2D eigenvalue weighted by molar-refractivity contribution is 5.56. The van der Waals surface area contributed by atoms with E-state index in [1.165, 1.54) is 5.56 Å². The minimum absolute atomic E-state index is 0.208. The maximum absolute atomic E-state index is 5.87. The number of hydrogen-bond acceptors (Lipinski definition) is 5. The van der Waals surface area contributed by atoms with Gasteiger partial charge in [-0.25, -0.2) is 0 Å². The molecule has 5 heteroatoms. The molecule has 1 aliphatic heterocycles. The first kappa shape index (κ1) is 11.2. The number of aryl methyl sites for hydroxylation is 1. The van der Waals surface area contributed by atoms with Crippen LogP contribution < -0.4 is 10.6 Å². The molecule has 18 heavy (non-hydrogen) atoms. The zero-order valence-corrected chi connectivity index (χ0v) is 10.3. The number of hydrogen-bond donors (Lipinski definition) is 1. The van der Waals surface area contributed by atoms with E-state index in [0.717, 1.165) is 25.1 Å². The Labute approximate surface area is 106 Å². The van der Waals surface area contributed by atoms with E-state index in [1.807, 2.05) is 29.2 Å². The molecule has 0 aliphatic carbocycles. The van der Waals surface area contributed by atoms with Crippen molar-refractivity contribution in [1.82, 2.24) is 10.1 Å². The lowest BCUT2D eigenvalue weighted by Gasteiger charge is -2.10. The molecular formula is C13H16N4O. The Balaban J connectivity index is 1.83. The molecule has 1 atom stereocenters. The maximum Gasteiger partial charge on any atom is 0.324 e. The third-order valence-electron chi connectivity index (χ3n) is 3.22. The van der Waals surface area contributed by atoms with Gasteiger partial charge in [0.25, 0.3) is 0 Å². The van der Waals surface area contributed by atoms with Crippen LogP contribution >= 0.6 is 0 Å². The van der Waals surface area contributed by atoms with Crippen molar-refractivity contribution in [2.45, 2.75) is 19.4 Å². The summed E-state index contributed by atoms with van der Waals surface area (Å²) >= 11 is 0. The van der Waals surface area contributed by atoms with Crippen molar-refractivity contribution in [3.05, 3.63) is 29.8 Å². The molecule has 1 fully saturated rings. The molecule has 0 unspecified atom stereocenters. The Morgan fingerprint density at radius 3 is 2.78 bits per heavy atom. The molecule has 1 aromatic carbocycles. The number of rotatable bonds is 2. The monoisotopic (exact) mass is 244 g/mol. The van der Waals surface area contributed by atoms with Crippen LogP contribution in [0.25, 0.3) is 11.4 Å². The Bertz CT molecular complexity index is 534. The largest absolute Gasteiger partial charge is 0.326 e. The van der Waals surface area contributed by atoms with Crippen molar-refractivity contribution in [3.63, 3.8) is 0 Å². The van der Waals surface area contributed by atoms with Crippen LogP contribution in [-0.4, -0.2) is 29.3 Å². The fourth-order valence-electron chi connectivity index (χ4n) is 2.12. The van der Waals surface area contributed by atoms with Crippen LogP contribution in [0.15, 0.2) is 28.8 Å². The van der Waals surface area contributed by atoms with Crippen molar-refractivity contribution in [1.29, 1.82) is 0 Å². The molecule has 0 spiro atoms. The van der Waals surface area contributed by atoms with E-state index >= 15 is 0 Å². The molecule has 2 heterocycles. The Hall–Kier alpha value is -1.88. The SMILES string of the molecule is Cc1ccc(-c2noc(N3CC[C@H](N)C3)n2)cc1. The zero-order valence-electron chi connectivity index (χ0n) is 10.3. The van der Waals surface area contributed by atoms with E-state index in [9.17, 15) is 0 Å². The highest BCUT2D eigenvalue weighted by Crippen LogP contribution is 2.22. The quantitative estimate of drug-likeness (QED) is 0.868. The lowest BCUT2D eigenvalue weighted by atomic mass is 10.1. The third-order valence-corrected chi connectivity index (χ3v) is 3.22. The van der Waals surface area contributed by atoms with Crippen molar-refractivity contribution in [2.24, 2.45) is 5.73 Å². The highest BCUT2D eigenvalue weighted by atomic mass is 16.5. The van der Waals surface area contributed by atoms with Crippen LogP contribution in [0.5, 0.6) is 0 Å². The van der Waals surface area contributed by atoms with Gasteiger partial charge in [0.2, 0.25) is 5.82 Å². The first-order valence-corrected chi connectivity index (χ1v) is 6.13. The summed E-state index contributed by atoms with van der Waals surface area (Å²) in [4.78, 5) is 6.46. The molecule has 0 radical (unpaired) electrons. The van der Waals surface area contributed by atoms with E-state index in [1.54, 1.807) is 0 Å². The molecule has 2 N–H and O–H groups in total. The number of benzene rings is 1. The van der Waals surface area contributed by atoms with E-state index in [4.69, 9.17) is 10.3 Å². The topological polar surface area (TPSA) is 68.2 Å². The number of aromatic nitrogens is 2. The molecular weight excluding hydrogens is 228 g/mol. The standard InChI is InChI=1S/C13H16N4O/c1-9-2-4-10(5-3-9)12-15-13(18-16-12)17-7-6-11(14)8-17/h2-5,11H,6-8,14H2,1H3/t11-/m0/s1. The summed E-state index contributed by atoms with van der Waals surface area (Å²) in [6, 6.07) is 8.85. The molecule has 3 rings (SSSR count). The maximum atomic E-state index is 5.87. The molecule has 0 bridgehead atoms. The van der Waals surface area contributed by atoms with Crippen LogP contribution in [0.1, 0.15) is 12.0 Å². The van der Waals surface area contributed by atoms with Gasteiger partial charge in [0, 0.05) is 24.7 Å². The van der Waals surface area contributed by atoms with Crippen molar-refractivity contribution in [2.75, 3.05) is 18.0 Å². The summed E-state index contributed by atoms with van der Waals surface area (Å²) in [6.45, 7) is 3.73. The minimum Gasteiger partial charge on any atom is -0.326 e. The highest BCUT2D eigenvalue weighted by Gasteiger charge is 2.23. The fraction of sp³-hybridized carbons (Fsp3) is 0.385. The summed E-state index contributed by atoms with van der Waals surface area (Å²) in [6.07, 6.45) is 0.974. The van der Waals surface area contributed by atoms with Gasteiger partial charge in [-0.2, -0.15) is 4.98 Å². The molecule has 1 saturated heterocycles. The van der Waals surface area contributed by atoms with Crippen LogP contribution in [-0.2, 0) is 0 Å². The average Bonchev–Trinajstić information content (AvgIpc) is 2.98. The molecule has 0 amide bonds. The van der Waals surface area contributed by atoms with Crippen molar-refractivity contribution >= 4 is 6.01 Å². The smallest absolute Gasteiger partial charge is 0.324 e. The van der Waals surface area contributed by atoms with Crippen LogP contribution in [0.3, 0.4) is 0 Å². The summed E-state index contributed by atoms with van der Waals surface area (Å²) in [5.74, 6) is 0.630. The molecule has 5 nitrogen and oxygen atoms in total. The van der Waals surface area contributed by atoms with E-state index < -0.39 is 0 Å².